The SMILES string of the molecule is CCC(=O)N[C@@](C)(CC)c1nnnn1-c1c(C)cccc1C. The number of benzene rings is 1. The van der Waals surface area contributed by atoms with Gasteiger partial charge in [-0.2, -0.15) is 4.68 Å². The van der Waals surface area contributed by atoms with Gasteiger partial charge in [-0.05, 0) is 48.7 Å². The van der Waals surface area contributed by atoms with E-state index in [4.69, 9.17) is 0 Å². The summed E-state index contributed by atoms with van der Waals surface area (Å²) in [5.74, 6) is 0.634. The van der Waals surface area contributed by atoms with Gasteiger partial charge in [-0.3, -0.25) is 4.79 Å². The summed E-state index contributed by atoms with van der Waals surface area (Å²) in [6.45, 7) is 9.86. The minimum atomic E-state index is -0.606. The van der Waals surface area contributed by atoms with E-state index in [0.29, 0.717) is 18.7 Å². The summed E-state index contributed by atoms with van der Waals surface area (Å²) in [6.07, 6.45) is 1.13. The molecule has 22 heavy (non-hydrogen) atoms. The Labute approximate surface area is 130 Å². The number of hydrogen-bond acceptors (Lipinski definition) is 4. The van der Waals surface area contributed by atoms with E-state index in [1.165, 1.54) is 0 Å². The molecular weight excluding hydrogens is 278 g/mol. The summed E-state index contributed by atoms with van der Waals surface area (Å²) in [6, 6.07) is 6.07. The van der Waals surface area contributed by atoms with Crippen molar-refractivity contribution in [2.75, 3.05) is 0 Å². The van der Waals surface area contributed by atoms with Crippen molar-refractivity contribution >= 4 is 5.91 Å². The van der Waals surface area contributed by atoms with E-state index in [2.05, 4.69) is 20.8 Å². The molecule has 1 aromatic carbocycles. The molecule has 1 atom stereocenters. The molecule has 6 heteroatoms. The van der Waals surface area contributed by atoms with Crippen molar-refractivity contribution in [2.24, 2.45) is 0 Å². The van der Waals surface area contributed by atoms with Crippen molar-refractivity contribution < 1.29 is 4.79 Å². The molecule has 0 aliphatic carbocycles. The average Bonchev–Trinajstić information content (AvgIpc) is 2.96. The van der Waals surface area contributed by atoms with Crippen molar-refractivity contribution in [3.63, 3.8) is 0 Å². The van der Waals surface area contributed by atoms with Crippen LogP contribution in [0.4, 0.5) is 0 Å². The Morgan fingerprint density at radius 1 is 1.27 bits per heavy atom. The minimum Gasteiger partial charge on any atom is -0.344 e. The van der Waals surface area contributed by atoms with Gasteiger partial charge >= 0.3 is 0 Å². The Hall–Kier alpha value is -2.24. The lowest BCUT2D eigenvalue weighted by Crippen LogP contribution is -2.44. The zero-order chi connectivity index (χ0) is 16.3. The fourth-order valence-corrected chi connectivity index (χ4v) is 2.52. The third kappa shape index (κ3) is 2.86. The van der Waals surface area contributed by atoms with Crippen LogP contribution in [0.25, 0.3) is 5.69 Å². The molecule has 1 heterocycles. The third-order valence-electron chi connectivity index (χ3n) is 4.06. The smallest absolute Gasteiger partial charge is 0.220 e. The van der Waals surface area contributed by atoms with Crippen LogP contribution in [0.2, 0.25) is 0 Å². The summed E-state index contributed by atoms with van der Waals surface area (Å²) < 4.78 is 1.74. The van der Waals surface area contributed by atoms with Gasteiger partial charge in [0.25, 0.3) is 0 Å². The molecule has 118 valence electrons. The molecule has 0 aliphatic rings. The largest absolute Gasteiger partial charge is 0.344 e. The Balaban J connectivity index is 2.55. The maximum Gasteiger partial charge on any atom is 0.220 e. The van der Waals surface area contributed by atoms with Gasteiger partial charge in [0, 0.05) is 6.42 Å². The number of hydrogen-bond donors (Lipinski definition) is 1. The highest BCUT2D eigenvalue weighted by molar-refractivity contribution is 5.76. The molecule has 6 nitrogen and oxygen atoms in total. The lowest BCUT2D eigenvalue weighted by molar-refractivity contribution is -0.122. The molecule has 2 rings (SSSR count). The van der Waals surface area contributed by atoms with E-state index in [1.54, 1.807) is 4.68 Å². The molecule has 2 aromatic rings. The predicted molar refractivity (Wildman–Crippen MR) is 84.7 cm³/mol. The van der Waals surface area contributed by atoms with E-state index in [0.717, 1.165) is 16.8 Å². The fraction of sp³-hybridized carbons (Fsp3) is 0.500. The van der Waals surface area contributed by atoms with E-state index in [9.17, 15) is 4.79 Å². The second kappa shape index (κ2) is 6.25. The van der Waals surface area contributed by atoms with E-state index < -0.39 is 5.54 Å². The molecule has 0 fully saturated rings. The lowest BCUT2D eigenvalue weighted by Gasteiger charge is -2.28. The number of carbonyl (C=O) groups is 1. The van der Waals surface area contributed by atoms with Crippen LogP contribution in [-0.4, -0.2) is 26.1 Å². The first-order valence-electron chi connectivity index (χ1n) is 7.59. The average molecular weight is 301 g/mol. The molecule has 0 saturated heterocycles. The van der Waals surface area contributed by atoms with Crippen LogP contribution in [0, 0.1) is 13.8 Å². The summed E-state index contributed by atoms with van der Waals surface area (Å²) in [5, 5.41) is 15.2. The highest BCUT2D eigenvalue weighted by Gasteiger charge is 2.33. The lowest BCUT2D eigenvalue weighted by atomic mass is 9.96. The van der Waals surface area contributed by atoms with Crippen molar-refractivity contribution in [1.82, 2.24) is 25.5 Å². The van der Waals surface area contributed by atoms with Crippen LogP contribution in [0.5, 0.6) is 0 Å². The summed E-state index contributed by atoms with van der Waals surface area (Å²) in [4.78, 5) is 11.9. The van der Waals surface area contributed by atoms with Crippen molar-refractivity contribution in [1.29, 1.82) is 0 Å². The number of aromatic nitrogens is 4. The normalized spacial score (nSPS) is 13.7. The predicted octanol–water partition coefficient (Wildman–Crippen LogP) is 2.43. The first kappa shape index (κ1) is 16.1. The molecule has 0 bridgehead atoms. The van der Waals surface area contributed by atoms with Crippen LogP contribution in [0.15, 0.2) is 18.2 Å². The molecular formula is C16H23N5O. The maximum atomic E-state index is 11.9. The summed E-state index contributed by atoms with van der Waals surface area (Å²) >= 11 is 0. The molecule has 0 aliphatic heterocycles. The van der Waals surface area contributed by atoms with Gasteiger partial charge in [-0.1, -0.05) is 32.0 Å². The van der Waals surface area contributed by atoms with Crippen molar-refractivity contribution in [3.05, 3.63) is 35.2 Å². The zero-order valence-electron chi connectivity index (χ0n) is 13.8. The third-order valence-corrected chi connectivity index (χ3v) is 4.06. The quantitative estimate of drug-likeness (QED) is 0.920. The van der Waals surface area contributed by atoms with E-state index >= 15 is 0 Å². The minimum absolute atomic E-state index is 0.0135. The monoisotopic (exact) mass is 301 g/mol. The highest BCUT2D eigenvalue weighted by atomic mass is 16.1. The Kier molecular flexibility index (Phi) is 4.59. The van der Waals surface area contributed by atoms with Gasteiger partial charge < -0.3 is 5.32 Å². The second-order valence-corrected chi connectivity index (χ2v) is 5.74. The van der Waals surface area contributed by atoms with Crippen LogP contribution in [0.1, 0.15) is 50.6 Å². The van der Waals surface area contributed by atoms with Gasteiger partial charge in [0.15, 0.2) is 5.82 Å². The Morgan fingerprint density at radius 2 is 1.91 bits per heavy atom. The number of nitrogens with zero attached hydrogens (tertiary/aromatic N) is 4. The molecule has 0 saturated carbocycles. The molecule has 1 aromatic heterocycles. The number of rotatable bonds is 5. The van der Waals surface area contributed by atoms with Crippen LogP contribution >= 0.6 is 0 Å². The van der Waals surface area contributed by atoms with Gasteiger partial charge in [0.1, 0.15) is 0 Å². The molecule has 1 amide bonds. The number of para-hydroxylation sites is 1. The number of nitrogens with one attached hydrogen (secondary N) is 1. The maximum absolute atomic E-state index is 11.9. The van der Waals surface area contributed by atoms with Crippen LogP contribution in [0.3, 0.4) is 0 Å². The standard InChI is InChI=1S/C16H23N5O/c1-6-13(22)17-16(5,7-2)15-18-19-20-21(15)14-11(3)9-8-10-12(14)4/h8-10H,6-7H2,1-5H3,(H,17,22)/t16-/m0/s1. The number of amides is 1. The molecule has 0 spiro atoms. The fourth-order valence-electron chi connectivity index (χ4n) is 2.52. The van der Waals surface area contributed by atoms with Crippen molar-refractivity contribution in [3.8, 4) is 5.69 Å². The number of tetrazole rings is 1. The molecule has 0 unspecified atom stereocenters. The van der Waals surface area contributed by atoms with Gasteiger partial charge in [-0.25, -0.2) is 0 Å². The first-order valence-corrected chi connectivity index (χ1v) is 7.59. The van der Waals surface area contributed by atoms with E-state index in [1.807, 2.05) is 52.8 Å². The summed E-state index contributed by atoms with van der Waals surface area (Å²) in [7, 11) is 0. The van der Waals surface area contributed by atoms with Crippen molar-refractivity contribution in [2.45, 2.75) is 53.0 Å². The zero-order valence-corrected chi connectivity index (χ0v) is 13.8. The first-order chi connectivity index (χ1) is 10.4. The molecule has 1 N–H and O–H groups in total. The number of aryl methyl sites for hydroxylation is 2. The topological polar surface area (TPSA) is 72.7 Å². The van der Waals surface area contributed by atoms with Crippen LogP contribution < -0.4 is 5.32 Å². The molecule has 0 radical (unpaired) electrons. The number of carbonyl (C=O) groups excluding carboxylic acids is 1. The van der Waals surface area contributed by atoms with Gasteiger partial charge in [0.2, 0.25) is 5.91 Å². The van der Waals surface area contributed by atoms with Gasteiger partial charge in [0.05, 0.1) is 11.2 Å². The summed E-state index contributed by atoms with van der Waals surface area (Å²) in [5.41, 5.74) is 2.54. The second-order valence-electron chi connectivity index (χ2n) is 5.74. The van der Waals surface area contributed by atoms with Crippen LogP contribution in [-0.2, 0) is 10.3 Å². The highest BCUT2D eigenvalue weighted by Crippen LogP contribution is 2.26. The van der Waals surface area contributed by atoms with Gasteiger partial charge in [-0.15, -0.1) is 5.10 Å². The Bertz CT molecular complexity index is 659. The Morgan fingerprint density at radius 3 is 2.45 bits per heavy atom. The van der Waals surface area contributed by atoms with E-state index in [-0.39, 0.29) is 5.91 Å².